The fourth-order valence-corrected chi connectivity index (χ4v) is 1.15. The van der Waals surface area contributed by atoms with Crippen molar-refractivity contribution in [1.29, 1.82) is 0 Å². The molecule has 0 aromatic heterocycles. The van der Waals surface area contributed by atoms with Crippen LogP contribution >= 0.6 is 0 Å². The van der Waals surface area contributed by atoms with Crippen LogP contribution in [0.5, 0.6) is 17.2 Å². The predicted octanol–water partition coefficient (Wildman–Crippen LogP) is 1.94. The maximum Gasteiger partial charge on any atom is 0.333 e. The van der Waals surface area contributed by atoms with Gasteiger partial charge in [0.15, 0.2) is 17.2 Å². The largest absolute Gasteiger partial charge is 0.504 e. The van der Waals surface area contributed by atoms with Crippen molar-refractivity contribution < 1.29 is 24.9 Å². The lowest BCUT2D eigenvalue weighted by Crippen LogP contribution is -2.04. The summed E-state index contributed by atoms with van der Waals surface area (Å²) in [5.74, 6) is -1.90. The number of esters is 1. The molecule has 0 bridgehead atoms. The highest BCUT2D eigenvalue weighted by Crippen LogP contribution is 2.35. The minimum absolute atomic E-state index is 0.0497. The summed E-state index contributed by atoms with van der Waals surface area (Å²) >= 11 is 0. The van der Waals surface area contributed by atoms with Gasteiger partial charge in [-0.25, -0.2) is 4.79 Å². The molecule has 3 N–H and O–H groups in total. The van der Waals surface area contributed by atoms with E-state index in [1.54, 1.807) is 6.92 Å². The van der Waals surface area contributed by atoms with E-state index in [1.165, 1.54) is 24.3 Å². The van der Waals surface area contributed by atoms with Crippen molar-refractivity contribution in [2.45, 2.75) is 6.92 Å². The summed E-state index contributed by atoms with van der Waals surface area (Å²) in [4.78, 5) is 11.0. The van der Waals surface area contributed by atoms with Crippen LogP contribution in [0.25, 0.3) is 6.08 Å². The van der Waals surface area contributed by atoms with E-state index < -0.39 is 23.2 Å². The number of aromatic hydroxyl groups is 3. The van der Waals surface area contributed by atoms with Crippen molar-refractivity contribution in [3.05, 3.63) is 35.9 Å². The molecule has 0 saturated carbocycles. The Balaban J connectivity index is 2.63. The minimum Gasteiger partial charge on any atom is -0.504 e. The Bertz CT molecular complexity index is 479. The smallest absolute Gasteiger partial charge is 0.333 e. The van der Waals surface area contributed by atoms with E-state index in [1.807, 2.05) is 0 Å². The van der Waals surface area contributed by atoms with E-state index in [0.29, 0.717) is 11.1 Å². The maximum absolute atomic E-state index is 11.0. The lowest BCUT2D eigenvalue weighted by molar-refractivity contribution is -0.137. The highest BCUT2D eigenvalue weighted by molar-refractivity contribution is 5.87. The average Bonchev–Trinajstić information content (AvgIpc) is 2.31. The van der Waals surface area contributed by atoms with Crippen LogP contribution in [0.2, 0.25) is 0 Å². The lowest BCUT2D eigenvalue weighted by Gasteiger charge is -2.02. The van der Waals surface area contributed by atoms with E-state index in [-0.39, 0.29) is 6.61 Å². The summed E-state index contributed by atoms with van der Waals surface area (Å²) in [6.45, 7) is 5.03. The van der Waals surface area contributed by atoms with Gasteiger partial charge in [0.2, 0.25) is 0 Å². The molecule has 96 valence electrons. The molecular formula is C13H14O5. The van der Waals surface area contributed by atoms with Crippen LogP contribution < -0.4 is 0 Å². The van der Waals surface area contributed by atoms with Crippen LogP contribution in [0.1, 0.15) is 12.5 Å². The molecule has 0 aliphatic heterocycles. The van der Waals surface area contributed by atoms with Crippen molar-refractivity contribution in [3.8, 4) is 17.2 Å². The Kier molecular flexibility index (Phi) is 4.37. The van der Waals surface area contributed by atoms with Crippen LogP contribution in [0.3, 0.4) is 0 Å². The molecule has 0 spiro atoms. The van der Waals surface area contributed by atoms with Crippen LogP contribution in [0.4, 0.5) is 0 Å². The van der Waals surface area contributed by atoms with Crippen molar-refractivity contribution >= 4 is 12.0 Å². The molecule has 0 atom stereocenters. The first-order valence-corrected chi connectivity index (χ1v) is 5.16. The first kappa shape index (κ1) is 13.6. The van der Waals surface area contributed by atoms with Gasteiger partial charge in [-0.05, 0) is 30.7 Å². The normalized spacial score (nSPS) is 10.5. The SMILES string of the molecule is C=C(C)C(=O)OCC=Cc1cc(O)c(O)c(O)c1. The number of ether oxygens (including phenoxy) is 1. The van der Waals surface area contributed by atoms with Crippen LogP contribution in [-0.4, -0.2) is 27.9 Å². The topological polar surface area (TPSA) is 87.0 Å². The fourth-order valence-electron chi connectivity index (χ4n) is 1.15. The Hall–Kier alpha value is -2.43. The van der Waals surface area contributed by atoms with Crippen LogP contribution in [0.15, 0.2) is 30.4 Å². The molecule has 0 aliphatic rings. The van der Waals surface area contributed by atoms with Gasteiger partial charge in [-0.2, -0.15) is 0 Å². The Morgan fingerprint density at radius 2 is 1.89 bits per heavy atom. The molecule has 0 amide bonds. The van der Waals surface area contributed by atoms with E-state index in [4.69, 9.17) is 9.84 Å². The highest BCUT2D eigenvalue weighted by atomic mass is 16.5. The zero-order valence-electron chi connectivity index (χ0n) is 9.88. The number of carbonyl (C=O) groups excluding carboxylic acids is 1. The number of benzene rings is 1. The number of hydrogen-bond acceptors (Lipinski definition) is 5. The summed E-state index contributed by atoms with van der Waals surface area (Å²) in [5, 5.41) is 27.6. The molecule has 1 aromatic carbocycles. The number of carbonyl (C=O) groups is 1. The third-order valence-electron chi connectivity index (χ3n) is 2.06. The van der Waals surface area contributed by atoms with Crippen molar-refractivity contribution in [2.24, 2.45) is 0 Å². The van der Waals surface area contributed by atoms with Gasteiger partial charge in [0.1, 0.15) is 6.61 Å². The summed E-state index contributed by atoms with van der Waals surface area (Å²) in [6, 6.07) is 2.54. The predicted molar refractivity (Wildman–Crippen MR) is 66.2 cm³/mol. The van der Waals surface area contributed by atoms with Gasteiger partial charge < -0.3 is 20.1 Å². The molecule has 0 fully saturated rings. The quantitative estimate of drug-likeness (QED) is 0.432. The van der Waals surface area contributed by atoms with Gasteiger partial charge in [0.05, 0.1) is 0 Å². The summed E-state index contributed by atoms with van der Waals surface area (Å²) in [5.41, 5.74) is 0.775. The maximum atomic E-state index is 11.0. The van der Waals surface area contributed by atoms with E-state index >= 15 is 0 Å². The summed E-state index contributed by atoms with van der Waals surface area (Å²) in [6.07, 6.45) is 3.07. The Morgan fingerprint density at radius 3 is 2.39 bits per heavy atom. The number of rotatable bonds is 4. The Morgan fingerprint density at radius 1 is 1.33 bits per heavy atom. The molecule has 1 rings (SSSR count). The molecule has 0 unspecified atom stereocenters. The average molecular weight is 250 g/mol. The highest BCUT2D eigenvalue weighted by Gasteiger charge is 2.06. The fraction of sp³-hybridized carbons (Fsp3) is 0.154. The van der Waals surface area contributed by atoms with E-state index in [0.717, 1.165) is 0 Å². The second-order valence-electron chi connectivity index (χ2n) is 3.69. The number of phenolic OH excluding ortho intramolecular Hbond substituents is 3. The first-order chi connectivity index (χ1) is 8.41. The zero-order valence-corrected chi connectivity index (χ0v) is 9.88. The summed E-state index contributed by atoms with van der Waals surface area (Å²) < 4.78 is 4.81. The molecule has 0 saturated heterocycles. The first-order valence-electron chi connectivity index (χ1n) is 5.16. The second-order valence-corrected chi connectivity index (χ2v) is 3.69. The number of phenols is 3. The third kappa shape index (κ3) is 3.55. The van der Waals surface area contributed by atoms with Gasteiger partial charge in [0.25, 0.3) is 0 Å². The Labute approximate surface area is 104 Å². The minimum atomic E-state index is -0.569. The third-order valence-corrected chi connectivity index (χ3v) is 2.06. The molecule has 5 heteroatoms. The van der Waals surface area contributed by atoms with E-state index in [9.17, 15) is 15.0 Å². The number of hydrogen-bond donors (Lipinski definition) is 3. The lowest BCUT2D eigenvalue weighted by atomic mass is 10.1. The molecule has 0 heterocycles. The molecule has 18 heavy (non-hydrogen) atoms. The monoisotopic (exact) mass is 250 g/mol. The van der Waals surface area contributed by atoms with Gasteiger partial charge >= 0.3 is 5.97 Å². The van der Waals surface area contributed by atoms with E-state index in [2.05, 4.69) is 6.58 Å². The van der Waals surface area contributed by atoms with Gasteiger partial charge in [0, 0.05) is 5.57 Å². The molecule has 0 radical (unpaired) electrons. The molecule has 5 nitrogen and oxygen atoms in total. The zero-order chi connectivity index (χ0) is 13.7. The summed E-state index contributed by atoms with van der Waals surface area (Å²) in [7, 11) is 0. The molecular weight excluding hydrogens is 236 g/mol. The molecule has 0 aliphatic carbocycles. The second kappa shape index (κ2) is 5.77. The van der Waals surface area contributed by atoms with Crippen LogP contribution in [0, 0.1) is 0 Å². The van der Waals surface area contributed by atoms with Crippen LogP contribution in [-0.2, 0) is 9.53 Å². The van der Waals surface area contributed by atoms with Gasteiger partial charge in [-0.1, -0.05) is 12.7 Å². The van der Waals surface area contributed by atoms with Gasteiger partial charge in [-0.15, -0.1) is 0 Å². The van der Waals surface area contributed by atoms with Gasteiger partial charge in [-0.3, -0.25) is 0 Å². The van der Waals surface area contributed by atoms with Crippen molar-refractivity contribution in [3.63, 3.8) is 0 Å². The van der Waals surface area contributed by atoms with Crippen molar-refractivity contribution in [2.75, 3.05) is 6.61 Å². The molecule has 1 aromatic rings. The standard InChI is InChI=1S/C13H14O5/c1-8(2)13(17)18-5-3-4-9-6-10(14)12(16)11(15)7-9/h3-4,6-7,14-16H,1,5H2,2H3. The van der Waals surface area contributed by atoms with Crippen molar-refractivity contribution in [1.82, 2.24) is 0 Å².